The summed E-state index contributed by atoms with van der Waals surface area (Å²) in [5, 5.41) is 0. The normalized spacial score (nSPS) is 30.5. The van der Waals surface area contributed by atoms with Gasteiger partial charge in [-0.3, -0.25) is 0 Å². The van der Waals surface area contributed by atoms with Crippen molar-refractivity contribution < 1.29 is 0 Å². The Bertz CT molecular complexity index is 133. The third kappa shape index (κ3) is 4.69. The van der Waals surface area contributed by atoms with Crippen molar-refractivity contribution in [3.8, 4) is 0 Å². The molecule has 0 spiro atoms. The summed E-state index contributed by atoms with van der Waals surface area (Å²) in [7, 11) is 0. The monoisotopic (exact) mass is 182 g/mol. The van der Waals surface area contributed by atoms with E-state index in [4.69, 9.17) is 0 Å². The summed E-state index contributed by atoms with van der Waals surface area (Å²) in [4.78, 5) is 0. The van der Waals surface area contributed by atoms with E-state index in [1.54, 1.807) is 0 Å². The molecule has 0 unspecified atom stereocenters. The minimum absolute atomic E-state index is 0.545. The van der Waals surface area contributed by atoms with Crippen LogP contribution in [0.2, 0.25) is 0 Å². The van der Waals surface area contributed by atoms with Gasteiger partial charge < -0.3 is 0 Å². The summed E-state index contributed by atoms with van der Waals surface area (Å²) < 4.78 is 0. The van der Waals surface area contributed by atoms with Crippen LogP contribution in [0.4, 0.5) is 0 Å². The van der Waals surface area contributed by atoms with Gasteiger partial charge in [-0.2, -0.15) is 0 Å². The van der Waals surface area contributed by atoms with Gasteiger partial charge in [0.2, 0.25) is 0 Å². The van der Waals surface area contributed by atoms with E-state index in [1.807, 2.05) is 0 Å². The molecular weight excluding hydrogens is 156 g/mol. The van der Waals surface area contributed by atoms with E-state index < -0.39 is 0 Å². The Morgan fingerprint density at radius 1 is 1.00 bits per heavy atom. The molecule has 0 aromatic heterocycles. The van der Waals surface area contributed by atoms with Crippen molar-refractivity contribution >= 4 is 0 Å². The predicted molar refractivity (Wildman–Crippen MR) is 59.8 cm³/mol. The fourth-order valence-corrected chi connectivity index (χ4v) is 2.25. The van der Waals surface area contributed by atoms with Gasteiger partial charge in [-0.1, -0.05) is 53.4 Å². The van der Waals surface area contributed by atoms with Crippen LogP contribution in [0.5, 0.6) is 0 Å². The SMILES string of the molecule is CC1CCC(CCC(C)(C)C)CC1. The third-order valence-corrected chi connectivity index (χ3v) is 3.44. The smallest absolute Gasteiger partial charge is 0.0383 e. The lowest BCUT2D eigenvalue weighted by Crippen LogP contribution is -2.15. The maximum atomic E-state index is 2.40. The van der Waals surface area contributed by atoms with E-state index >= 15 is 0 Å². The van der Waals surface area contributed by atoms with Crippen LogP contribution in [0.25, 0.3) is 0 Å². The summed E-state index contributed by atoms with van der Waals surface area (Å²) in [5.41, 5.74) is 0.545. The van der Waals surface area contributed by atoms with Crippen molar-refractivity contribution in [3.05, 3.63) is 0 Å². The van der Waals surface area contributed by atoms with Gasteiger partial charge in [0.25, 0.3) is 0 Å². The maximum Gasteiger partial charge on any atom is -0.0383 e. The fourth-order valence-electron chi connectivity index (χ4n) is 2.25. The molecule has 0 bridgehead atoms. The Morgan fingerprint density at radius 3 is 2.00 bits per heavy atom. The van der Waals surface area contributed by atoms with Gasteiger partial charge >= 0.3 is 0 Å². The van der Waals surface area contributed by atoms with Gasteiger partial charge in [0.15, 0.2) is 0 Å². The molecule has 1 rings (SSSR count). The lowest BCUT2D eigenvalue weighted by Gasteiger charge is -2.28. The van der Waals surface area contributed by atoms with Crippen LogP contribution < -0.4 is 0 Å². The quantitative estimate of drug-likeness (QED) is 0.583. The van der Waals surface area contributed by atoms with E-state index in [2.05, 4.69) is 27.7 Å². The molecule has 0 aliphatic heterocycles. The highest BCUT2D eigenvalue weighted by molar-refractivity contribution is 4.72. The Balaban J connectivity index is 2.16. The molecule has 0 heterocycles. The first kappa shape index (κ1) is 11.1. The largest absolute Gasteiger partial charge is 0.0625 e. The number of hydrogen-bond acceptors (Lipinski definition) is 0. The molecule has 0 amide bonds. The van der Waals surface area contributed by atoms with Crippen LogP contribution in [-0.2, 0) is 0 Å². The zero-order valence-corrected chi connectivity index (χ0v) is 9.90. The van der Waals surface area contributed by atoms with Gasteiger partial charge in [0.05, 0.1) is 0 Å². The van der Waals surface area contributed by atoms with Crippen LogP contribution in [0.3, 0.4) is 0 Å². The highest BCUT2D eigenvalue weighted by atomic mass is 14.3. The maximum absolute atomic E-state index is 2.40. The van der Waals surface area contributed by atoms with Crippen molar-refractivity contribution in [2.24, 2.45) is 17.3 Å². The van der Waals surface area contributed by atoms with Crippen molar-refractivity contribution in [1.29, 1.82) is 0 Å². The molecule has 0 N–H and O–H groups in total. The van der Waals surface area contributed by atoms with Crippen molar-refractivity contribution in [2.75, 3.05) is 0 Å². The van der Waals surface area contributed by atoms with Crippen LogP contribution in [0.1, 0.15) is 66.2 Å². The van der Waals surface area contributed by atoms with Gasteiger partial charge in [-0.05, 0) is 30.1 Å². The molecule has 0 aromatic rings. The van der Waals surface area contributed by atoms with Crippen LogP contribution in [-0.4, -0.2) is 0 Å². The third-order valence-electron chi connectivity index (χ3n) is 3.44. The second kappa shape index (κ2) is 4.48. The topological polar surface area (TPSA) is 0 Å². The van der Waals surface area contributed by atoms with Crippen molar-refractivity contribution in [2.45, 2.75) is 66.2 Å². The average molecular weight is 182 g/mol. The highest BCUT2D eigenvalue weighted by Gasteiger charge is 2.20. The van der Waals surface area contributed by atoms with Gasteiger partial charge in [-0.15, -0.1) is 0 Å². The molecule has 0 saturated heterocycles. The molecule has 0 aromatic carbocycles. The fraction of sp³-hybridized carbons (Fsp3) is 1.00. The molecule has 1 aliphatic rings. The first-order valence-corrected chi connectivity index (χ1v) is 5.97. The second-order valence-electron chi connectivity index (χ2n) is 6.23. The van der Waals surface area contributed by atoms with Crippen molar-refractivity contribution in [3.63, 3.8) is 0 Å². The first-order valence-electron chi connectivity index (χ1n) is 5.97. The number of rotatable bonds is 2. The van der Waals surface area contributed by atoms with E-state index in [9.17, 15) is 0 Å². The minimum Gasteiger partial charge on any atom is -0.0625 e. The lowest BCUT2D eigenvalue weighted by molar-refractivity contribution is 0.241. The molecule has 0 atom stereocenters. The van der Waals surface area contributed by atoms with E-state index in [0.29, 0.717) is 5.41 Å². The summed E-state index contributed by atoms with van der Waals surface area (Å²) in [6, 6.07) is 0. The molecule has 0 heteroatoms. The molecule has 1 fully saturated rings. The second-order valence-corrected chi connectivity index (χ2v) is 6.23. The molecule has 78 valence electrons. The van der Waals surface area contributed by atoms with Crippen LogP contribution in [0.15, 0.2) is 0 Å². The standard InChI is InChI=1S/C13H26/c1-11-5-7-12(8-6-11)9-10-13(2,3)4/h11-12H,5-10H2,1-4H3. The number of hydrogen-bond donors (Lipinski definition) is 0. The minimum atomic E-state index is 0.545. The van der Waals surface area contributed by atoms with Crippen LogP contribution >= 0.6 is 0 Å². The Hall–Kier alpha value is 0. The van der Waals surface area contributed by atoms with Crippen LogP contribution in [0, 0.1) is 17.3 Å². The molecule has 0 radical (unpaired) electrons. The first-order chi connectivity index (χ1) is 5.97. The summed E-state index contributed by atoms with van der Waals surface area (Å²) in [5.74, 6) is 2.06. The molecule has 1 aliphatic carbocycles. The van der Waals surface area contributed by atoms with Gasteiger partial charge in [-0.25, -0.2) is 0 Å². The van der Waals surface area contributed by atoms with E-state index in [-0.39, 0.29) is 0 Å². The van der Waals surface area contributed by atoms with Gasteiger partial charge in [0, 0.05) is 0 Å². The summed E-state index contributed by atoms with van der Waals surface area (Å²) >= 11 is 0. The zero-order chi connectivity index (χ0) is 9.90. The Morgan fingerprint density at radius 2 is 1.54 bits per heavy atom. The molecule has 1 saturated carbocycles. The molecule has 0 nitrogen and oxygen atoms in total. The van der Waals surface area contributed by atoms with E-state index in [1.165, 1.54) is 38.5 Å². The lowest BCUT2D eigenvalue weighted by atomic mass is 9.78. The highest BCUT2D eigenvalue weighted by Crippen LogP contribution is 2.34. The summed E-state index contributed by atoms with van der Waals surface area (Å²) in [6.07, 6.45) is 8.83. The van der Waals surface area contributed by atoms with Gasteiger partial charge in [0.1, 0.15) is 0 Å². The Labute approximate surface area is 84.1 Å². The molecule has 13 heavy (non-hydrogen) atoms. The Kier molecular flexibility index (Phi) is 3.82. The zero-order valence-electron chi connectivity index (χ0n) is 9.90. The average Bonchev–Trinajstić information content (AvgIpc) is 2.02. The van der Waals surface area contributed by atoms with E-state index in [0.717, 1.165) is 11.8 Å². The predicted octanol–water partition coefficient (Wildman–Crippen LogP) is 4.64. The molecular formula is C13H26. The summed E-state index contributed by atoms with van der Waals surface area (Å²) in [6.45, 7) is 9.48. The van der Waals surface area contributed by atoms with Crippen molar-refractivity contribution in [1.82, 2.24) is 0 Å².